The van der Waals surface area contributed by atoms with Crippen LogP contribution in [0, 0.1) is 23.6 Å². The lowest BCUT2D eigenvalue weighted by atomic mass is 9.92. The number of carbonyl (C=O) groups excluding carboxylic acids is 2. The fourth-order valence-corrected chi connectivity index (χ4v) is 5.62. The summed E-state index contributed by atoms with van der Waals surface area (Å²) in [5.41, 5.74) is 1.48. The van der Waals surface area contributed by atoms with Gasteiger partial charge in [-0.15, -0.1) is 11.3 Å². The molecular weight excluding hydrogens is 427 g/mol. The van der Waals surface area contributed by atoms with Crippen LogP contribution in [0.4, 0.5) is 9.52 Å². The molecule has 4 rings (SSSR count). The summed E-state index contributed by atoms with van der Waals surface area (Å²) in [4.78, 5) is 34.1. The van der Waals surface area contributed by atoms with Gasteiger partial charge in [0.1, 0.15) is 5.82 Å². The topological polar surface area (TPSA) is 65.5 Å². The molecule has 2 amide bonds. The predicted octanol–water partition coefficient (Wildman–Crippen LogP) is 4.25. The second-order valence-corrected chi connectivity index (χ2v) is 10.2. The van der Waals surface area contributed by atoms with E-state index in [1.54, 1.807) is 4.90 Å². The molecule has 1 aromatic heterocycles. The number of nitrogens with one attached hydrogen (secondary N) is 1. The van der Waals surface area contributed by atoms with Crippen molar-refractivity contribution in [3.63, 3.8) is 0 Å². The fraction of sp³-hybridized carbons (Fsp3) is 0.542. The van der Waals surface area contributed by atoms with E-state index in [9.17, 15) is 14.0 Å². The maximum Gasteiger partial charge on any atom is 0.253 e. The molecule has 3 heterocycles. The maximum atomic E-state index is 13.1. The summed E-state index contributed by atoms with van der Waals surface area (Å²) in [5, 5.41) is 5.65. The van der Waals surface area contributed by atoms with Crippen LogP contribution in [-0.2, 0) is 11.3 Å². The molecule has 32 heavy (non-hydrogen) atoms. The third-order valence-electron chi connectivity index (χ3n) is 6.36. The predicted molar refractivity (Wildman–Crippen MR) is 124 cm³/mol. The summed E-state index contributed by atoms with van der Waals surface area (Å²) in [7, 11) is 0. The van der Waals surface area contributed by atoms with E-state index in [1.807, 2.05) is 5.38 Å². The molecule has 2 fully saturated rings. The Bertz CT molecular complexity index is 930. The van der Waals surface area contributed by atoms with Crippen LogP contribution in [0.25, 0.3) is 0 Å². The second-order valence-electron chi connectivity index (χ2n) is 9.35. The molecular formula is C24H31FN4O2S. The lowest BCUT2D eigenvalue weighted by molar-refractivity contribution is -0.121. The number of benzene rings is 1. The molecule has 172 valence electrons. The van der Waals surface area contributed by atoms with E-state index >= 15 is 0 Å². The van der Waals surface area contributed by atoms with Crippen molar-refractivity contribution in [2.24, 2.45) is 17.8 Å². The minimum absolute atomic E-state index is 0.0278. The van der Waals surface area contributed by atoms with E-state index in [0.29, 0.717) is 48.5 Å². The quantitative estimate of drug-likeness (QED) is 0.728. The highest BCUT2D eigenvalue weighted by atomic mass is 32.1. The van der Waals surface area contributed by atoms with E-state index in [4.69, 9.17) is 0 Å². The molecule has 2 aliphatic rings. The zero-order valence-corrected chi connectivity index (χ0v) is 19.5. The Morgan fingerprint density at radius 2 is 1.78 bits per heavy atom. The second kappa shape index (κ2) is 10.1. The van der Waals surface area contributed by atoms with Crippen LogP contribution >= 0.6 is 11.3 Å². The number of thiazole rings is 1. The first-order valence-electron chi connectivity index (χ1n) is 11.4. The SMILES string of the molecule is C[C@@H]1C[C@H](C)CN(Cc2csc(NC(=O)C3CCN(C(=O)c4ccc(F)cc4)CC3)n2)C1. The molecule has 2 aliphatic heterocycles. The van der Waals surface area contributed by atoms with Crippen molar-refractivity contribution < 1.29 is 14.0 Å². The summed E-state index contributed by atoms with van der Waals surface area (Å²) >= 11 is 1.47. The molecule has 1 aromatic carbocycles. The van der Waals surface area contributed by atoms with Crippen molar-refractivity contribution >= 4 is 28.3 Å². The Labute approximate surface area is 192 Å². The van der Waals surface area contributed by atoms with Crippen LogP contribution in [0.3, 0.4) is 0 Å². The Morgan fingerprint density at radius 1 is 1.12 bits per heavy atom. The number of hydrogen-bond acceptors (Lipinski definition) is 5. The van der Waals surface area contributed by atoms with Crippen molar-refractivity contribution in [3.8, 4) is 0 Å². The van der Waals surface area contributed by atoms with E-state index in [0.717, 1.165) is 25.3 Å². The zero-order valence-electron chi connectivity index (χ0n) is 18.7. The smallest absolute Gasteiger partial charge is 0.253 e. The van der Waals surface area contributed by atoms with Gasteiger partial charge in [-0.1, -0.05) is 13.8 Å². The molecule has 0 saturated carbocycles. The molecule has 8 heteroatoms. The molecule has 0 bridgehead atoms. The van der Waals surface area contributed by atoms with Crippen molar-refractivity contribution in [1.29, 1.82) is 0 Å². The molecule has 6 nitrogen and oxygen atoms in total. The van der Waals surface area contributed by atoms with Gasteiger partial charge in [-0.2, -0.15) is 0 Å². The Kier molecular flexibility index (Phi) is 7.20. The number of halogens is 1. The van der Waals surface area contributed by atoms with Crippen molar-refractivity contribution in [1.82, 2.24) is 14.8 Å². The molecule has 2 atom stereocenters. The third kappa shape index (κ3) is 5.72. The van der Waals surface area contributed by atoms with Gasteiger partial charge in [-0.05, 0) is 55.4 Å². The molecule has 0 unspecified atom stereocenters. The average Bonchev–Trinajstić information content (AvgIpc) is 3.19. The zero-order chi connectivity index (χ0) is 22.7. The van der Waals surface area contributed by atoms with Gasteiger partial charge in [0.05, 0.1) is 5.69 Å². The summed E-state index contributed by atoms with van der Waals surface area (Å²) < 4.78 is 13.1. The number of rotatable bonds is 5. The monoisotopic (exact) mass is 458 g/mol. The molecule has 1 N–H and O–H groups in total. The molecule has 2 aromatic rings. The largest absolute Gasteiger partial charge is 0.339 e. The first-order chi connectivity index (χ1) is 15.4. The number of hydrogen-bond donors (Lipinski definition) is 1. The van der Waals surface area contributed by atoms with Crippen LogP contribution in [0.2, 0.25) is 0 Å². The van der Waals surface area contributed by atoms with Gasteiger partial charge >= 0.3 is 0 Å². The highest BCUT2D eigenvalue weighted by Crippen LogP contribution is 2.25. The van der Waals surface area contributed by atoms with Crippen LogP contribution < -0.4 is 5.32 Å². The number of amides is 2. The van der Waals surface area contributed by atoms with E-state index < -0.39 is 0 Å². The standard InChI is InChI=1S/C24H31FN4O2S/c1-16-11-17(2)13-28(12-16)14-21-15-32-24(26-21)27-22(30)18-7-9-29(10-8-18)23(31)19-3-5-20(25)6-4-19/h3-6,15-18H,7-14H2,1-2H3,(H,26,27,30)/t16-,17+. The molecule has 0 aliphatic carbocycles. The van der Waals surface area contributed by atoms with Crippen molar-refractivity contribution in [2.45, 2.75) is 39.7 Å². The molecule has 0 radical (unpaired) electrons. The molecule has 0 spiro atoms. The Balaban J connectivity index is 1.25. The van der Waals surface area contributed by atoms with Gasteiger partial charge in [0.15, 0.2) is 5.13 Å². The number of nitrogens with zero attached hydrogens (tertiary/aromatic N) is 3. The summed E-state index contributed by atoms with van der Waals surface area (Å²) in [6.45, 7) is 8.65. The normalized spacial score (nSPS) is 22.7. The average molecular weight is 459 g/mol. The van der Waals surface area contributed by atoms with Gasteiger partial charge in [-0.3, -0.25) is 14.5 Å². The summed E-state index contributed by atoms with van der Waals surface area (Å²) in [5.74, 6) is 0.773. The van der Waals surface area contributed by atoms with Crippen molar-refractivity contribution in [3.05, 3.63) is 46.7 Å². The Hall–Kier alpha value is -2.32. The number of aromatic nitrogens is 1. The van der Waals surface area contributed by atoms with E-state index in [1.165, 1.54) is 42.0 Å². The first-order valence-corrected chi connectivity index (χ1v) is 12.3. The van der Waals surface area contributed by atoms with Gasteiger partial charge in [0.25, 0.3) is 5.91 Å². The fourth-order valence-electron chi connectivity index (χ4n) is 4.91. The van der Waals surface area contributed by atoms with Gasteiger partial charge in [0.2, 0.25) is 5.91 Å². The first kappa shape index (κ1) is 22.9. The number of carbonyl (C=O) groups is 2. The third-order valence-corrected chi connectivity index (χ3v) is 7.16. The lowest BCUT2D eigenvalue weighted by Gasteiger charge is -2.34. The van der Waals surface area contributed by atoms with Crippen LogP contribution in [0.5, 0.6) is 0 Å². The van der Waals surface area contributed by atoms with E-state index in [-0.39, 0.29) is 23.5 Å². The van der Waals surface area contributed by atoms with Crippen LogP contribution in [0.1, 0.15) is 49.2 Å². The molecule has 2 saturated heterocycles. The maximum absolute atomic E-state index is 13.1. The minimum atomic E-state index is -0.359. The van der Waals surface area contributed by atoms with Gasteiger partial charge in [0, 0.05) is 49.6 Å². The number of anilines is 1. The van der Waals surface area contributed by atoms with Crippen LogP contribution in [-0.4, -0.2) is 52.8 Å². The summed E-state index contributed by atoms with van der Waals surface area (Å²) in [6, 6.07) is 5.59. The lowest BCUT2D eigenvalue weighted by Crippen LogP contribution is -2.41. The highest BCUT2D eigenvalue weighted by Gasteiger charge is 2.28. The number of likely N-dealkylation sites (tertiary alicyclic amines) is 2. The van der Waals surface area contributed by atoms with E-state index in [2.05, 4.69) is 29.0 Å². The van der Waals surface area contributed by atoms with Crippen LogP contribution in [0.15, 0.2) is 29.6 Å². The van der Waals surface area contributed by atoms with Gasteiger partial charge < -0.3 is 10.2 Å². The summed E-state index contributed by atoms with van der Waals surface area (Å²) in [6.07, 6.45) is 2.50. The van der Waals surface area contributed by atoms with Crippen molar-refractivity contribution in [2.75, 3.05) is 31.5 Å². The minimum Gasteiger partial charge on any atom is -0.339 e. The number of piperidine rings is 2. The van der Waals surface area contributed by atoms with Gasteiger partial charge in [-0.25, -0.2) is 9.37 Å². The highest BCUT2D eigenvalue weighted by molar-refractivity contribution is 7.13. The Morgan fingerprint density at radius 3 is 2.44 bits per heavy atom.